The molecule has 1 aromatic heterocycles. The van der Waals surface area contributed by atoms with Gasteiger partial charge in [-0.25, -0.2) is 0 Å². The van der Waals surface area contributed by atoms with Crippen molar-refractivity contribution in [2.45, 2.75) is 31.8 Å². The second-order valence-electron chi connectivity index (χ2n) is 6.53. The van der Waals surface area contributed by atoms with Gasteiger partial charge in [-0.05, 0) is 31.5 Å². The number of aryl methyl sites for hydroxylation is 1. The van der Waals surface area contributed by atoms with E-state index in [9.17, 15) is 13.6 Å². The average Bonchev–Trinajstić information content (AvgIpc) is 3.24. The van der Waals surface area contributed by atoms with Gasteiger partial charge in [-0.1, -0.05) is 36.0 Å². The zero-order chi connectivity index (χ0) is 21.3. The highest BCUT2D eigenvalue weighted by Crippen LogP contribution is 2.42. The number of carbonyl (C=O) groups excluding carboxylic acids is 1. The van der Waals surface area contributed by atoms with Gasteiger partial charge >= 0.3 is 6.29 Å². The third kappa shape index (κ3) is 4.09. The van der Waals surface area contributed by atoms with Crippen molar-refractivity contribution in [3.63, 3.8) is 0 Å². The Morgan fingerprint density at radius 1 is 1.17 bits per heavy atom. The number of nitrogens with one attached hydrogen (secondary N) is 1. The Morgan fingerprint density at radius 3 is 2.70 bits per heavy atom. The van der Waals surface area contributed by atoms with E-state index >= 15 is 0 Å². The number of anilines is 1. The molecule has 2 aromatic carbocycles. The fourth-order valence-electron chi connectivity index (χ4n) is 3.06. The molecular formula is C20H18F2N4O3S. The lowest BCUT2D eigenvalue weighted by molar-refractivity contribution is -0.286. The SMILES string of the molecule is CCn1c(SCC(=O)Nc2ccc3c(c2)OC(F)(F)O3)nnc1-c1ccccc1C. The third-order valence-electron chi connectivity index (χ3n) is 4.44. The number of ether oxygens (including phenoxy) is 2. The van der Waals surface area contributed by atoms with Crippen molar-refractivity contribution in [3.05, 3.63) is 48.0 Å². The molecule has 0 saturated heterocycles. The standard InChI is InChI=1S/C20H18F2N4O3S/c1-3-26-18(14-7-5-4-6-12(14)2)24-25-19(26)30-11-17(27)23-13-8-9-15-16(10-13)29-20(21,22)28-15/h4-10H,3,11H2,1-2H3,(H,23,27). The Labute approximate surface area is 175 Å². The molecule has 30 heavy (non-hydrogen) atoms. The first-order valence-electron chi connectivity index (χ1n) is 9.18. The van der Waals surface area contributed by atoms with Gasteiger partial charge in [0, 0.05) is 23.9 Å². The van der Waals surface area contributed by atoms with E-state index in [1.807, 2.05) is 42.7 Å². The van der Waals surface area contributed by atoms with Crippen LogP contribution in [0.15, 0.2) is 47.6 Å². The molecule has 0 fully saturated rings. The van der Waals surface area contributed by atoms with Crippen molar-refractivity contribution in [3.8, 4) is 22.9 Å². The number of hydrogen-bond acceptors (Lipinski definition) is 6. The predicted molar refractivity (Wildman–Crippen MR) is 108 cm³/mol. The van der Waals surface area contributed by atoms with Gasteiger partial charge in [0.05, 0.1) is 5.75 Å². The van der Waals surface area contributed by atoms with E-state index in [1.54, 1.807) is 0 Å². The van der Waals surface area contributed by atoms with Crippen molar-refractivity contribution in [2.75, 3.05) is 11.1 Å². The number of rotatable bonds is 6. The van der Waals surface area contributed by atoms with E-state index in [0.717, 1.165) is 17.0 Å². The van der Waals surface area contributed by atoms with Crippen LogP contribution in [0.5, 0.6) is 11.5 Å². The topological polar surface area (TPSA) is 78.3 Å². The van der Waals surface area contributed by atoms with Gasteiger partial charge in [-0.2, -0.15) is 0 Å². The van der Waals surface area contributed by atoms with E-state index in [4.69, 9.17) is 0 Å². The summed E-state index contributed by atoms with van der Waals surface area (Å²) in [5.74, 6) is 0.311. The lowest BCUT2D eigenvalue weighted by atomic mass is 10.1. The Balaban J connectivity index is 1.42. The number of halogens is 2. The molecule has 0 saturated carbocycles. The summed E-state index contributed by atoms with van der Waals surface area (Å²) < 4.78 is 36.9. The van der Waals surface area contributed by atoms with Crippen LogP contribution in [0, 0.1) is 6.92 Å². The maximum absolute atomic E-state index is 13.1. The largest absolute Gasteiger partial charge is 0.586 e. The molecule has 1 aliphatic heterocycles. The van der Waals surface area contributed by atoms with Crippen LogP contribution in [-0.2, 0) is 11.3 Å². The van der Waals surface area contributed by atoms with E-state index in [2.05, 4.69) is 25.0 Å². The van der Waals surface area contributed by atoms with Crippen molar-refractivity contribution in [2.24, 2.45) is 0 Å². The van der Waals surface area contributed by atoms with Crippen LogP contribution in [0.2, 0.25) is 0 Å². The fraction of sp³-hybridized carbons (Fsp3) is 0.250. The molecular weight excluding hydrogens is 414 g/mol. The lowest BCUT2D eigenvalue weighted by Crippen LogP contribution is -2.25. The number of alkyl halides is 2. The summed E-state index contributed by atoms with van der Waals surface area (Å²) in [6.45, 7) is 4.64. The number of benzene rings is 2. The highest BCUT2D eigenvalue weighted by Gasteiger charge is 2.43. The third-order valence-corrected chi connectivity index (χ3v) is 5.40. The minimum atomic E-state index is -3.69. The first-order valence-corrected chi connectivity index (χ1v) is 10.2. The van der Waals surface area contributed by atoms with Crippen molar-refractivity contribution < 1.29 is 23.0 Å². The second kappa shape index (κ2) is 7.94. The van der Waals surface area contributed by atoms with Gasteiger partial charge < -0.3 is 19.4 Å². The maximum Gasteiger partial charge on any atom is 0.586 e. The van der Waals surface area contributed by atoms with Crippen molar-refractivity contribution in [1.82, 2.24) is 14.8 Å². The van der Waals surface area contributed by atoms with Crippen molar-refractivity contribution >= 4 is 23.4 Å². The highest BCUT2D eigenvalue weighted by atomic mass is 32.2. The molecule has 0 spiro atoms. The average molecular weight is 432 g/mol. The molecule has 1 aliphatic rings. The summed E-state index contributed by atoms with van der Waals surface area (Å²) in [7, 11) is 0. The normalized spacial score (nSPS) is 14.0. The number of aromatic nitrogens is 3. The Kier molecular flexibility index (Phi) is 5.33. The molecule has 2 heterocycles. The van der Waals surface area contributed by atoms with Crippen LogP contribution < -0.4 is 14.8 Å². The molecule has 0 atom stereocenters. The summed E-state index contributed by atoms with van der Waals surface area (Å²) in [6, 6.07) is 12.0. The number of nitrogens with zero attached hydrogens (tertiary/aromatic N) is 3. The van der Waals surface area contributed by atoms with Crippen LogP contribution in [-0.4, -0.2) is 32.7 Å². The van der Waals surface area contributed by atoms with E-state index in [0.29, 0.717) is 17.4 Å². The number of thioether (sulfide) groups is 1. The zero-order valence-corrected chi connectivity index (χ0v) is 17.0. The summed E-state index contributed by atoms with van der Waals surface area (Å²) in [6.07, 6.45) is -3.69. The van der Waals surface area contributed by atoms with Gasteiger partial charge in [0.2, 0.25) is 5.91 Å². The van der Waals surface area contributed by atoms with Crippen LogP contribution in [0.3, 0.4) is 0 Å². The lowest BCUT2D eigenvalue weighted by Gasteiger charge is -2.09. The first kappa shape index (κ1) is 20.1. The van der Waals surface area contributed by atoms with Crippen LogP contribution in [0.25, 0.3) is 11.4 Å². The van der Waals surface area contributed by atoms with Crippen LogP contribution >= 0.6 is 11.8 Å². The minimum Gasteiger partial charge on any atom is -0.395 e. The molecule has 0 unspecified atom stereocenters. The summed E-state index contributed by atoms with van der Waals surface area (Å²) in [5.41, 5.74) is 2.40. The van der Waals surface area contributed by atoms with E-state index < -0.39 is 6.29 Å². The van der Waals surface area contributed by atoms with Gasteiger partial charge in [0.25, 0.3) is 0 Å². The monoisotopic (exact) mass is 432 g/mol. The highest BCUT2D eigenvalue weighted by molar-refractivity contribution is 7.99. The quantitative estimate of drug-likeness (QED) is 0.585. The molecule has 7 nitrogen and oxygen atoms in total. The molecule has 0 bridgehead atoms. The summed E-state index contributed by atoms with van der Waals surface area (Å²) in [4.78, 5) is 12.3. The molecule has 156 valence electrons. The van der Waals surface area contributed by atoms with E-state index in [-0.39, 0.29) is 23.2 Å². The van der Waals surface area contributed by atoms with Gasteiger partial charge in [-0.3, -0.25) is 4.79 Å². The summed E-state index contributed by atoms with van der Waals surface area (Å²) in [5, 5.41) is 11.8. The Bertz CT molecular complexity index is 1100. The molecule has 1 N–H and O–H groups in total. The van der Waals surface area contributed by atoms with Gasteiger partial charge in [-0.15, -0.1) is 19.0 Å². The number of carbonyl (C=O) groups is 1. The van der Waals surface area contributed by atoms with Gasteiger partial charge in [0.1, 0.15) is 0 Å². The molecule has 4 rings (SSSR count). The zero-order valence-electron chi connectivity index (χ0n) is 16.2. The van der Waals surface area contributed by atoms with Crippen LogP contribution in [0.1, 0.15) is 12.5 Å². The number of fused-ring (bicyclic) bond motifs is 1. The molecule has 1 amide bonds. The maximum atomic E-state index is 13.1. The van der Waals surface area contributed by atoms with Crippen LogP contribution in [0.4, 0.5) is 14.5 Å². The van der Waals surface area contributed by atoms with Gasteiger partial charge in [0.15, 0.2) is 22.5 Å². The van der Waals surface area contributed by atoms with Crippen molar-refractivity contribution in [1.29, 1.82) is 0 Å². The first-order chi connectivity index (χ1) is 14.4. The molecule has 0 radical (unpaired) electrons. The molecule has 10 heteroatoms. The Morgan fingerprint density at radius 2 is 1.93 bits per heavy atom. The smallest absolute Gasteiger partial charge is 0.395 e. The van der Waals surface area contributed by atoms with E-state index in [1.165, 1.54) is 30.0 Å². The fourth-order valence-corrected chi connectivity index (χ4v) is 3.86. The molecule has 0 aliphatic carbocycles. The second-order valence-corrected chi connectivity index (χ2v) is 7.47. The predicted octanol–water partition coefficient (Wildman–Crippen LogP) is 4.33. The Hall–Kier alpha value is -3.14. The number of amides is 1. The minimum absolute atomic E-state index is 0.0767. The summed E-state index contributed by atoms with van der Waals surface area (Å²) >= 11 is 1.25. The number of hydrogen-bond donors (Lipinski definition) is 1. The molecule has 3 aromatic rings.